The third-order valence-electron chi connectivity index (χ3n) is 4.50. The Labute approximate surface area is 152 Å². The van der Waals surface area contributed by atoms with Crippen LogP contribution in [0.5, 0.6) is 0 Å². The lowest BCUT2D eigenvalue weighted by molar-refractivity contribution is -0.132. The second kappa shape index (κ2) is 7.95. The van der Waals surface area contributed by atoms with E-state index in [1.807, 2.05) is 29.2 Å². The predicted molar refractivity (Wildman–Crippen MR) is 101 cm³/mol. The van der Waals surface area contributed by atoms with Gasteiger partial charge in [0.1, 0.15) is 0 Å². The molecule has 1 aliphatic rings. The zero-order valence-corrected chi connectivity index (χ0v) is 15.6. The molecule has 0 unspecified atom stereocenters. The van der Waals surface area contributed by atoms with Crippen molar-refractivity contribution in [2.24, 2.45) is 0 Å². The third-order valence-corrected chi connectivity index (χ3v) is 4.99. The molecule has 4 heteroatoms. The maximum absolute atomic E-state index is 12.5. The fourth-order valence-corrected chi connectivity index (χ4v) is 3.49. The molecule has 126 valence electrons. The van der Waals surface area contributed by atoms with Crippen LogP contribution in [0.15, 0.2) is 53.0 Å². The van der Waals surface area contributed by atoms with Crippen molar-refractivity contribution in [3.05, 3.63) is 69.7 Å². The average molecular weight is 387 g/mol. The summed E-state index contributed by atoms with van der Waals surface area (Å²) in [5.41, 5.74) is 3.70. The maximum Gasteiger partial charge on any atom is 0.227 e. The lowest BCUT2D eigenvalue weighted by Gasteiger charge is -2.35. The number of carbonyl (C=O) groups is 1. The van der Waals surface area contributed by atoms with Crippen molar-refractivity contribution >= 4 is 21.8 Å². The van der Waals surface area contributed by atoms with E-state index in [1.165, 1.54) is 11.1 Å². The van der Waals surface area contributed by atoms with Gasteiger partial charge in [0.05, 0.1) is 6.42 Å². The number of hydrogen-bond acceptors (Lipinski definition) is 2. The van der Waals surface area contributed by atoms with Crippen LogP contribution in [0.4, 0.5) is 0 Å². The molecule has 3 rings (SSSR count). The number of rotatable bonds is 4. The minimum atomic E-state index is 0.225. The molecule has 0 spiro atoms. The van der Waals surface area contributed by atoms with Crippen molar-refractivity contribution in [2.75, 3.05) is 26.2 Å². The standard InChI is InChI=1S/C20H23BrN2O/c1-16-5-7-17(8-6-16)15-22-9-11-23(12-10-22)20(24)14-18-3-2-4-19(21)13-18/h2-8,13H,9-12,14-15H2,1H3. The van der Waals surface area contributed by atoms with E-state index in [9.17, 15) is 4.79 Å². The fraction of sp³-hybridized carbons (Fsp3) is 0.350. The van der Waals surface area contributed by atoms with Crippen molar-refractivity contribution in [3.8, 4) is 0 Å². The first-order valence-electron chi connectivity index (χ1n) is 8.40. The third kappa shape index (κ3) is 4.68. The van der Waals surface area contributed by atoms with Crippen LogP contribution in [-0.4, -0.2) is 41.9 Å². The SMILES string of the molecule is Cc1ccc(CN2CCN(C(=O)Cc3cccc(Br)c3)CC2)cc1. The number of amides is 1. The minimum absolute atomic E-state index is 0.225. The van der Waals surface area contributed by atoms with Gasteiger partial charge in [0.2, 0.25) is 5.91 Å². The van der Waals surface area contributed by atoms with Gasteiger partial charge in [0, 0.05) is 37.2 Å². The van der Waals surface area contributed by atoms with Crippen molar-refractivity contribution in [1.82, 2.24) is 9.80 Å². The van der Waals surface area contributed by atoms with Gasteiger partial charge in [-0.25, -0.2) is 0 Å². The number of nitrogens with zero attached hydrogens (tertiary/aromatic N) is 2. The summed E-state index contributed by atoms with van der Waals surface area (Å²) in [6.45, 7) is 6.60. The summed E-state index contributed by atoms with van der Waals surface area (Å²) in [4.78, 5) is 16.9. The molecule has 3 nitrogen and oxygen atoms in total. The normalized spacial score (nSPS) is 15.5. The van der Waals surface area contributed by atoms with Gasteiger partial charge in [-0.05, 0) is 30.2 Å². The van der Waals surface area contributed by atoms with Crippen LogP contribution in [-0.2, 0) is 17.8 Å². The first-order chi connectivity index (χ1) is 11.6. The van der Waals surface area contributed by atoms with Crippen LogP contribution in [0.2, 0.25) is 0 Å². The highest BCUT2D eigenvalue weighted by molar-refractivity contribution is 9.10. The van der Waals surface area contributed by atoms with Gasteiger partial charge in [0.15, 0.2) is 0 Å². The number of benzene rings is 2. The summed E-state index contributed by atoms with van der Waals surface area (Å²) in [5.74, 6) is 0.225. The highest BCUT2D eigenvalue weighted by Crippen LogP contribution is 2.14. The monoisotopic (exact) mass is 386 g/mol. The smallest absolute Gasteiger partial charge is 0.227 e. The molecule has 0 aliphatic carbocycles. The Kier molecular flexibility index (Phi) is 5.69. The maximum atomic E-state index is 12.5. The molecular weight excluding hydrogens is 364 g/mol. The van der Waals surface area contributed by atoms with E-state index >= 15 is 0 Å². The zero-order valence-electron chi connectivity index (χ0n) is 14.0. The van der Waals surface area contributed by atoms with Gasteiger partial charge in [0.25, 0.3) is 0 Å². The van der Waals surface area contributed by atoms with E-state index in [-0.39, 0.29) is 5.91 Å². The highest BCUT2D eigenvalue weighted by atomic mass is 79.9. The minimum Gasteiger partial charge on any atom is -0.340 e. The Morgan fingerprint density at radius 2 is 1.71 bits per heavy atom. The van der Waals surface area contributed by atoms with Crippen LogP contribution in [0, 0.1) is 6.92 Å². The van der Waals surface area contributed by atoms with Gasteiger partial charge < -0.3 is 4.90 Å². The summed E-state index contributed by atoms with van der Waals surface area (Å²) in [6, 6.07) is 16.7. The molecule has 0 N–H and O–H groups in total. The molecule has 1 fully saturated rings. The van der Waals surface area contributed by atoms with Gasteiger partial charge in [-0.1, -0.05) is 57.9 Å². The van der Waals surface area contributed by atoms with Gasteiger partial charge in [-0.3, -0.25) is 9.69 Å². The fourth-order valence-electron chi connectivity index (χ4n) is 3.04. The van der Waals surface area contributed by atoms with Crippen molar-refractivity contribution in [1.29, 1.82) is 0 Å². The van der Waals surface area contributed by atoms with Crippen molar-refractivity contribution in [3.63, 3.8) is 0 Å². The first-order valence-corrected chi connectivity index (χ1v) is 9.19. The molecule has 0 aromatic heterocycles. The molecule has 0 radical (unpaired) electrons. The molecule has 24 heavy (non-hydrogen) atoms. The van der Waals surface area contributed by atoms with E-state index in [0.29, 0.717) is 6.42 Å². The predicted octanol–water partition coefficient (Wildman–Crippen LogP) is 3.64. The van der Waals surface area contributed by atoms with E-state index in [4.69, 9.17) is 0 Å². The Morgan fingerprint density at radius 1 is 1.00 bits per heavy atom. The summed E-state index contributed by atoms with van der Waals surface area (Å²) < 4.78 is 1.02. The van der Waals surface area contributed by atoms with Gasteiger partial charge >= 0.3 is 0 Å². The van der Waals surface area contributed by atoms with E-state index in [1.54, 1.807) is 0 Å². The molecule has 0 saturated carbocycles. The van der Waals surface area contributed by atoms with Gasteiger partial charge in [-0.15, -0.1) is 0 Å². The lowest BCUT2D eigenvalue weighted by Crippen LogP contribution is -2.48. The number of aryl methyl sites for hydroxylation is 1. The van der Waals surface area contributed by atoms with Crippen molar-refractivity contribution < 1.29 is 4.79 Å². The summed E-state index contributed by atoms with van der Waals surface area (Å²) in [7, 11) is 0. The van der Waals surface area contributed by atoms with E-state index in [2.05, 4.69) is 52.0 Å². The Balaban J connectivity index is 1.49. The summed E-state index contributed by atoms with van der Waals surface area (Å²) in [6.07, 6.45) is 0.484. The second-order valence-electron chi connectivity index (χ2n) is 6.45. The van der Waals surface area contributed by atoms with Crippen LogP contribution in [0.25, 0.3) is 0 Å². The summed E-state index contributed by atoms with van der Waals surface area (Å²) in [5, 5.41) is 0. The van der Waals surface area contributed by atoms with Crippen molar-refractivity contribution in [2.45, 2.75) is 19.9 Å². The number of carbonyl (C=O) groups excluding carboxylic acids is 1. The molecule has 0 atom stereocenters. The molecule has 1 saturated heterocycles. The number of piperazine rings is 1. The largest absolute Gasteiger partial charge is 0.340 e. The Hall–Kier alpha value is -1.65. The molecule has 1 amide bonds. The first kappa shape index (κ1) is 17.2. The number of hydrogen-bond donors (Lipinski definition) is 0. The quantitative estimate of drug-likeness (QED) is 0.800. The summed E-state index contributed by atoms with van der Waals surface area (Å²) >= 11 is 3.46. The van der Waals surface area contributed by atoms with Crippen LogP contribution in [0.3, 0.4) is 0 Å². The average Bonchev–Trinajstić information content (AvgIpc) is 2.57. The molecule has 1 aliphatic heterocycles. The van der Waals surface area contributed by atoms with Crippen LogP contribution >= 0.6 is 15.9 Å². The molecule has 1 heterocycles. The second-order valence-corrected chi connectivity index (χ2v) is 7.36. The zero-order chi connectivity index (χ0) is 16.9. The molecular formula is C20H23BrN2O. The topological polar surface area (TPSA) is 23.6 Å². The van der Waals surface area contributed by atoms with Crippen LogP contribution in [0.1, 0.15) is 16.7 Å². The lowest BCUT2D eigenvalue weighted by atomic mass is 10.1. The van der Waals surface area contributed by atoms with E-state index in [0.717, 1.165) is 42.8 Å². The van der Waals surface area contributed by atoms with E-state index < -0.39 is 0 Å². The highest BCUT2D eigenvalue weighted by Gasteiger charge is 2.21. The Morgan fingerprint density at radius 3 is 2.38 bits per heavy atom. The molecule has 0 bridgehead atoms. The number of halogens is 1. The van der Waals surface area contributed by atoms with Crippen LogP contribution < -0.4 is 0 Å². The molecule has 2 aromatic rings. The van der Waals surface area contributed by atoms with Gasteiger partial charge in [-0.2, -0.15) is 0 Å². The molecule has 2 aromatic carbocycles. The Bertz CT molecular complexity index is 691.